The lowest BCUT2D eigenvalue weighted by Crippen LogP contribution is -2.46. The molecule has 1 amide bonds. The van der Waals surface area contributed by atoms with E-state index in [-0.39, 0.29) is 16.9 Å². The van der Waals surface area contributed by atoms with Gasteiger partial charge in [-0.3, -0.25) is 9.78 Å². The van der Waals surface area contributed by atoms with E-state index in [0.29, 0.717) is 31.3 Å². The van der Waals surface area contributed by atoms with Crippen molar-refractivity contribution < 1.29 is 13.6 Å². The molecule has 0 bridgehead atoms. The van der Waals surface area contributed by atoms with Gasteiger partial charge in [0.15, 0.2) is 0 Å². The van der Waals surface area contributed by atoms with Crippen LogP contribution in [0.5, 0.6) is 0 Å². The van der Waals surface area contributed by atoms with Crippen LogP contribution in [0.15, 0.2) is 12.3 Å². The molecule has 3 atom stereocenters. The molecule has 1 aliphatic heterocycles. The van der Waals surface area contributed by atoms with Gasteiger partial charge in [0.1, 0.15) is 0 Å². The third-order valence-corrected chi connectivity index (χ3v) is 6.62. The van der Waals surface area contributed by atoms with Gasteiger partial charge in [-0.15, -0.1) is 0 Å². The fourth-order valence-corrected chi connectivity index (χ4v) is 5.47. The van der Waals surface area contributed by atoms with Gasteiger partial charge in [-0.25, -0.2) is 8.78 Å². The number of nitrogens with zero attached hydrogens (tertiary/aromatic N) is 2. The zero-order valence-electron chi connectivity index (χ0n) is 15.0. The average Bonchev–Trinajstić information content (AvgIpc) is 3.09. The van der Waals surface area contributed by atoms with Crippen LogP contribution >= 0.6 is 0 Å². The molecule has 2 saturated carbocycles. The van der Waals surface area contributed by atoms with Crippen LogP contribution in [0.2, 0.25) is 0 Å². The molecule has 0 radical (unpaired) electrons. The third kappa shape index (κ3) is 2.76. The fraction of sp³-hybridized carbons (Fsp3) is 0.700. The van der Waals surface area contributed by atoms with E-state index < -0.39 is 5.92 Å². The summed E-state index contributed by atoms with van der Waals surface area (Å²) >= 11 is 0. The maximum atomic E-state index is 13.6. The zero-order chi connectivity index (χ0) is 17.8. The number of hydrogen-bond donors (Lipinski definition) is 0. The van der Waals surface area contributed by atoms with Gasteiger partial charge in [0.25, 0.3) is 5.92 Å². The minimum atomic E-state index is -2.90. The van der Waals surface area contributed by atoms with Crippen molar-refractivity contribution in [1.29, 1.82) is 0 Å². The lowest BCUT2D eigenvalue weighted by Gasteiger charge is -2.37. The molecule has 2 heterocycles. The Morgan fingerprint density at radius 1 is 1.44 bits per heavy atom. The number of alkyl halides is 2. The molecule has 2 fully saturated rings. The molecule has 1 aromatic rings. The first-order valence-corrected chi connectivity index (χ1v) is 9.45. The zero-order valence-corrected chi connectivity index (χ0v) is 15.0. The highest BCUT2D eigenvalue weighted by Crippen LogP contribution is 2.57. The van der Waals surface area contributed by atoms with Crippen LogP contribution in [0.25, 0.3) is 0 Å². The number of fused-ring (bicyclic) bond motifs is 2. The number of pyridine rings is 1. The quantitative estimate of drug-likeness (QED) is 0.799. The first-order chi connectivity index (χ1) is 11.8. The molecule has 136 valence electrons. The molecule has 25 heavy (non-hydrogen) atoms. The summed E-state index contributed by atoms with van der Waals surface area (Å²) in [5.74, 6) is -1.51. The van der Waals surface area contributed by atoms with Crippen LogP contribution in [0.3, 0.4) is 0 Å². The molecule has 5 heteroatoms. The van der Waals surface area contributed by atoms with Crippen LogP contribution in [0.1, 0.15) is 62.8 Å². The molecular weight excluding hydrogens is 322 g/mol. The van der Waals surface area contributed by atoms with Gasteiger partial charge in [-0.05, 0) is 49.1 Å². The summed E-state index contributed by atoms with van der Waals surface area (Å²) in [5, 5.41) is 0. The van der Waals surface area contributed by atoms with Crippen LogP contribution in [-0.4, -0.2) is 22.3 Å². The van der Waals surface area contributed by atoms with Gasteiger partial charge in [-0.1, -0.05) is 13.3 Å². The lowest BCUT2D eigenvalue weighted by atomic mass is 9.78. The number of amides is 1. The Morgan fingerprint density at radius 2 is 2.24 bits per heavy atom. The van der Waals surface area contributed by atoms with Gasteiger partial charge in [-0.2, -0.15) is 0 Å². The summed E-state index contributed by atoms with van der Waals surface area (Å²) in [6.45, 7) is 4.22. The second-order valence-corrected chi connectivity index (χ2v) is 8.49. The SMILES string of the molecule is C[C@@H]1CC2CCCC2(C(=O)N2CCc3ncc(C(C)(F)F)cc3C2)C1. The maximum Gasteiger partial charge on any atom is 0.272 e. The largest absolute Gasteiger partial charge is 0.337 e. The Morgan fingerprint density at radius 3 is 3.00 bits per heavy atom. The first kappa shape index (κ1) is 16.9. The molecule has 2 unspecified atom stereocenters. The van der Waals surface area contributed by atoms with E-state index >= 15 is 0 Å². The van der Waals surface area contributed by atoms with E-state index in [2.05, 4.69) is 11.9 Å². The highest BCUT2D eigenvalue weighted by Gasteiger charge is 2.55. The molecule has 1 aromatic heterocycles. The van der Waals surface area contributed by atoms with Crippen LogP contribution in [-0.2, 0) is 23.7 Å². The normalized spacial score (nSPS) is 31.8. The molecule has 4 rings (SSSR count). The monoisotopic (exact) mass is 348 g/mol. The predicted molar refractivity (Wildman–Crippen MR) is 91.1 cm³/mol. The topological polar surface area (TPSA) is 33.2 Å². The Bertz CT molecular complexity index is 699. The number of hydrogen-bond acceptors (Lipinski definition) is 2. The fourth-order valence-electron chi connectivity index (χ4n) is 5.47. The number of carbonyl (C=O) groups excluding carboxylic acids is 1. The van der Waals surface area contributed by atoms with Gasteiger partial charge in [0.05, 0.1) is 5.41 Å². The van der Waals surface area contributed by atoms with Crippen molar-refractivity contribution in [2.75, 3.05) is 6.54 Å². The van der Waals surface area contributed by atoms with Gasteiger partial charge < -0.3 is 4.90 Å². The second-order valence-electron chi connectivity index (χ2n) is 8.49. The molecule has 2 aliphatic carbocycles. The summed E-state index contributed by atoms with van der Waals surface area (Å²) in [4.78, 5) is 19.5. The summed E-state index contributed by atoms with van der Waals surface area (Å²) in [5.41, 5.74) is 1.40. The third-order valence-electron chi connectivity index (χ3n) is 6.62. The number of aromatic nitrogens is 1. The van der Waals surface area contributed by atoms with Crippen molar-refractivity contribution in [2.45, 2.75) is 64.8 Å². The van der Waals surface area contributed by atoms with Crippen LogP contribution in [0, 0.1) is 17.3 Å². The lowest BCUT2D eigenvalue weighted by molar-refractivity contribution is -0.144. The summed E-state index contributed by atoms with van der Waals surface area (Å²) in [6.07, 6.45) is 7.38. The Labute approximate surface area is 147 Å². The molecule has 0 spiro atoms. The molecule has 3 aliphatic rings. The average molecular weight is 348 g/mol. The van der Waals surface area contributed by atoms with Crippen molar-refractivity contribution in [3.63, 3.8) is 0 Å². The molecular formula is C20H26F2N2O. The minimum Gasteiger partial charge on any atom is -0.337 e. The second kappa shape index (κ2) is 5.75. The maximum absolute atomic E-state index is 13.6. The van der Waals surface area contributed by atoms with Crippen molar-refractivity contribution >= 4 is 5.91 Å². The predicted octanol–water partition coefficient (Wildman–Crippen LogP) is 4.29. The van der Waals surface area contributed by atoms with Crippen LogP contribution < -0.4 is 0 Å². The Kier molecular flexibility index (Phi) is 3.89. The summed E-state index contributed by atoms with van der Waals surface area (Å²) in [7, 11) is 0. The van der Waals surface area contributed by atoms with E-state index in [1.54, 1.807) is 6.07 Å². The van der Waals surface area contributed by atoms with Gasteiger partial charge >= 0.3 is 0 Å². The highest BCUT2D eigenvalue weighted by molar-refractivity contribution is 5.84. The Hall–Kier alpha value is -1.52. The highest BCUT2D eigenvalue weighted by atomic mass is 19.3. The van der Waals surface area contributed by atoms with Crippen molar-refractivity contribution in [3.8, 4) is 0 Å². The van der Waals surface area contributed by atoms with E-state index in [9.17, 15) is 13.6 Å². The van der Waals surface area contributed by atoms with Crippen LogP contribution in [0.4, 0.5) is 8.78 Å². The van der Waals surface area contributed by atoms with E-state index in [4.69, 9.17) is 0 Å². The molecule has 3 nitrogen and oxygen atoms in total. The van der Waals surface area contributed by atoms with E-state index in [1.807, 2.05) is 4.90 Å². The van der Waals surface area contributed by atoms with E-state index in [1.165, 1.54) is 6.20 Å². The minimum absolute atomic E-state index is 0.0630. The number of halogens is 2. The Balaban J connectivity index is 1.59. The standard InChI is InChI=1S/C20H26F2N2O/c1-13-8-15-4-3-6-20(15,10-13)18(25)24-7-5-17-14(12-24)9-16(11-23-17)19(2,21)22/h9,11,13,15H,3-8,10,12H2,1-2H3/t13-,15?,20?/m1/s1. The molecule has 0 aromatic carbocycles. The van der Waals surface area contributed by atoms with Gasteiger partial charge in [0, 0.05) is 43.9 Å². The number of carbonyl (C=O) groups is 1. The molecule has 0 N–H and O–H groups in total. The van der Waals surface area contributed by atoms with Crippen molar-refractivity contribution in [3.05, 3.63) is 29.1 Å². The summed E-state index contributed by atoms with van der Waals surface area (Å²) in [6, 6.07) is 1.54. The van der Waals surface area contributed by atoms with Crippen molar-refractivity contribution in [1.82, 2.24) is 9.88 Å². The molecule has 0 saturated heterocycles. The number of rotatable bonds is 2. The first-order valence-electron chi connectivity index (χ1n) is 9.45. The van der Waals surface area contributed by atoms with Gasteiger partial charge in [0.2, 0.25) is 5.91 Å². The summed E-state index contributed by atoms with van der Waals surface area (Å²) < 4.78 is 27.2. The van der Waals surface area contributed by atoms with Crippen molar-refractivity contribution in [2.24, 2.45) is 17.3 Å². The van der Waals surface area contributed by atoms with E-state index in [0.717, 1.165) is 50.3 Å². The smallest absolute Gasteiger partial charge is 0.272 e.